The van der Waals surface area contributed by atoms with Gasteiger partial charge in [-0.05, 0) is 31.2 Å². The van der Waals surface area contributed by atoms with E-state index in [-0.39, 0.29) is 41.7 Å². The van der Waals surface area contributed by atoms with Crippen molar-refractivity contribution in [3.8, 4) is 39.8 Å². The monoisotopic (exact) mass is 505 g/mol. The van der Waals surface area contributed by atoms with Gasteiger partial charge in [-0.25, -0.2) is 0 Å². The second kappa shape index (κ2) is 10.1. The van der Waals surface area contributed by atoms with Gasteiger partial charge in [0.1, 0.15) is 34.0 Å². The third-order valence-electron chi connectivity index (χ3n) is 5.69. The predicted molar refractivity (Wildman–Crippen MR) is 130 cm³/mol. The molecule has 0 aliphatic heterocycles. The third-order valence-corrected chi connectivity index (χ3v) is 5.69. The number of nitrogens with zero attached hydrogens (tertiary/aromatic N) is 4. The number of hydrogen-bond donors (Lipinski definition) is 2. The van der Waals surface area contributed by atoms with Crippen LogP contribution in [0.15, 0.2) is 50.3 Å². The van der Waals surface area contributed by atoms with Gasteiger partial charge in [0, 0.05) is 12.8 Å². The molecule has 0 saturated heterocycles. The molecule has 4 heterocycles. The van der Waals surface area contributed by atoms with Crippen LogP contribution in [-0.4, -0.2) is 51.3 Å². The van der Waals surface area contributed by atoms with Crippen LogP contribution in [-0.2, 0) is 17.8 Å². The molecule has 5 rings (SSSR count). The van der Waals surface area contributed by atoms with Crippen LogP contribution >= 0.6 is 0 Å². The Morgan fingerprint density at radius 1 is 1.03 bits per heavy atom. The quantitative estimate of drug-likeness (QED) is 0.302. The molecule has 0 fully saturated rings. The van der Waals surface area contributed by atoms with Gasteiger partial charge in [0.25, 0.3) is 11.4 Å². The average molecular weight is 505 g/mol. The van der Waals surface area contributed by atoms with Crippen LogP contribution in [0.25, 0.3) is 33.7 Å². The number of hydrogen-bond acceptors (Lipinski definition) is 11. The Morgan fingerprint density at radius 2 is 1.81 bits per heavy atom. The number of aromatic nitrogens is 5. The Kier molecular flexibility index (Phi) is 6.56. The van der Waals surface area contributed by atoms with Crippen molar-refractivity contribution in [2.24, 2.45) is 0 Å². The van der Waals surface area contributed by atoms with Gasteiger partial charge >= 0.3 is 0 Å². The molecule has 0 atom stereocenters. The van der Waals surface area contributed by atoms with Crippen molar-refractivity contribution in [3.63, 3.8) is 0 Å². The summed E-state index contributed by atoms with van der Waals surface area (Å²) in [5.74, 6) is 0.436. The Balaban J connectivity index is 1.63. The highest BCUT2D eigenvalue weighted by Crippen LogP contribution is 2.46. The Labute approximate surface area is 209 Å². The van der Waals surface area contributed by atoms with E-state index in [4.69, 9.17) is 23.2 Å². The normalized spacial score (nSPS) is 11.2. The molecule has 0 amide bonds. The zero-order valence-corrected chi connectivity index (χ0v) is 20.3. The summed E-state index contributed by atoms with van der Waals surface area (Å²) in [4.78, 5) is 20.2. The van der Waals surface area contributed by atoms with Crippen LogP contribution in [0.3, 0.4) is 0 Å². The largest absolute Gasteiger partial charge is 0.506 e. The van der Waals surface area contributed by atoms with Crippen LogP contribution in [0.2, 0.25) is 0 Å². The molecule has 12 nitrogen and oxygen atoms in total. The number of pyridine rings is 2. The zero-order valence-electron chi connectivity index (χ0n) is 20.3. The molecular formula is C25H23N5O7. The zero-order chi connectivity index (χ0) is 25.9. The van der Waals surface area contributed by atoms with Crippen molar-refractivity contribution in [2.75, 3.05) is 20.8 Å². The Hall–Kier alpha value is -4.71. The number of fused-ring (bicyclic) bond motifs is 1. The first-order chi connectivity index (χ1) is 18.0. The lowest BCUT2D eigenvalue weighted by atomic mass is 9.98. The van der Waals surface area contributed by atoms with Gasteiger partial charge in [-0.2, -0.15) is 0 Å². The van der Waals surface area contributed by atoms with Gasteiger partial charge in [-0.1, -0.05) is 11.2 Å². The number of rotatable bonds is 9. The second-order valence-corrected chi connectivity index (χ2v) is 7.86. The van der Waals surface area contributed by atoms with E-state index >= 15 is 0 Å². The standard InChI is InChI=1S/C25H23N5O7/c1-4-35-12-14-19(20-15(33-2)7-5-8-16(20)34-3)23(31)21(24(32)27-14)25-29-28-18(36-25)11-13-22-17(37-30-13)9-6-10-26-22/h5-10H,4,11-12H2,1-3H3,(H2,27,31,32). The predicted octanol–water partition coefficient (Wildman–Crippen LogP) is 3.48. The van der Waals surface area contributed by atoms with Crippen molar-refractivity contribution in [3.05, 3.63) is 64.2 Å². The molecule has 12 heteroatoms. The smallest absolute Gasteiger partial charge is 0.264 e. The maximum Gasteiger partial charge on any atom is 0.264 e. The van der Waals surface area contributed by atoms with Crippen LogP contribution in [0.4, 0.5) is 0 Å². The van der Waals surface area contributed by atoms with Gasteiger partial charge in [0.15, 0.2) is 5.58 Å². The lowest BCUT2D eigenvalue weighted by Gasteiger charge is -2.18. The van der Waals surface area contributed by atoms with Crippen molar-refractivity contribution in [1.82, 2.24) is 25.3 Å². The molecule has 0 unspecified atom stereocenters. The van der Waals surface area contributed by atoms with Crippen molar-refractivity contribution >= 4 is 11.1 Å². The number of benzene rings is 1. The van der Waals surface area contributed by atoms with Crippen molar-refractivity contribution in [1.29, 1.82) is 0 Å². The van der Waals surface area contributed by atoms with E-state index in [2.05, 4.69) is 25.3 Å². The lowest BCUT2D eigenvalue weighted by Crippen LogP contribution is -2.15. The Bertz CT molecular complexity index is 1600. The van der Waals surface area contributed by atoms with E-state index in [1.54, 1.807) is 36.5 Å². The van der Waals surface area contributed by atoms with Crippen LogP contribution < -0.4 is 15.0 Å². The summed E-state index contributed by atoms with van der Waals surface area (Å²) >= 11 is 0. The fraction of sp³-hybridized carbons (Fsp3) is 0.240. The minimum Gasteiger partial charge on any atom is -0.506 e. The van der Waals surface area contributed by atoms with E-state index in [0.29, 0.717) is 46.2 Å². The SMILES string of the molecule is CCOCc1[nH]c(=O)c(-c2nnc(Cc3noc4cccnc34)o2)c(O)c1-c1c(OC)cccc1OC. The number of ether oxygens (including phenoxy) is 3. The van der Waals surface area contributed by atoms with Gasteiger partial charge in [-0.15, -0.1) is 10.2 Å². The lowest BCUT2D eigenvalue weighted by molar-refractivity contribution is 0.131. The molecular weight excluding hydrogens is 482 g/mol. The summed E-state index contributed by atoms with van der Waals surface area (Å²) in [5, 5.41) is 23.5. The summed E-state index contributed by atoms with van der Waals surface area (Å²) in [6.45, 7) is 2.24. The van der Waals surface area contributed by atoms with E-state index in [1.165, 1.54) is 14.2 Å². The highest BCUT2D eigenvalue weighted by atomic mass is 16.5. The number of H-pyrrole nitrogens is 1. The van der Waals surface area contributed by atoms with Crippen LogP contribution in [0.1, 0.15) is 24.2 Å². The van der Waals surface area contributed by atoms with E-state index in [9.17, 15) is 9.90 Å². The molecule has 4 aromatic heterocycles. The van der Waals surface area contributed by atoms with Gasteiger partial charge < -0.3 is 33.2 Å². The molecule has 0 aliphatic carbocycles. The molecule has 0 spiro atoms. The van der Waals surface area contributed by atoms with Crippen LogP contribution in [0, 0.1) is 0 Å². The third kappa shape index (κ3) is 4.38. The topological polar surface area (TPSA) is 159 Å². The summed E-state index contributed by atoms with van der Waals surface area (Å²) in [6, 6.07) is 8.66. The Morgan fingerprint density at radius 3 is 2.54 bits per heavy atom. The number of methoxy groups -OCH3 is 2. The minimum absolute atomic E-state index is 0.0252. The minimum atomic E-state index is -0.631. The molecule has 2 N–H and O–H groups in total. The molecule has 0 saturated carbocycles. The highest BCUT2D eigenvalue weighted by molar-refractivity contribution is 5.87. The summed E-state index contributed by atoms with van der Waals surface area (Å²) < 4.78 is 27.7. The first kappa shape index (κ1) is 24.0. The molecule has 0 radical (unpaired) electrons. The van der Waals surface area contributed by atoms with Crippen molar-refractivity contribution < 1.29 is 28.3 Å². The number of aromatic amines is 1. The first-order valence-corrected chi connectivity index (χ1v) is 11.3. The molecule has 1 aromatic carbocycles. The molecule has 0 bridgehead atoms. The molecule has 0 aliphatic rings. The summed E-state index contributed by atoms with van der Waals surface area (Å²) in [6.07, 6.45) is 1.74. The average Bonchev–Trinajstić information content (AvgIpc) is 3.54. The van der Waals surface area contributed by atoms with E-state index in [1.807, 2.05) is 6.92 Å². The van der Waals surface area contributed by atoms with Crippen molar-refractivity contribution in [2.45, 2.75) is 20.0 Å². The summed E-state index contributed by atoms with van der Waals surface area (Å²) in [5.41, 5.74) is 1.76. The maximum atomic E-state index is 13.1. The van der Waals surface area contributed by atoms with Crippen LogP contribution in [0.5, 0.6) is 17.2 Å². The fourth-order valence-electron chi connectivity index (χ4n) is 4.03. The number of nitrogens with one attached hydrogen (secondary N) is 1. The summed E-state index contributed by atoms with van der Waals surface area (Å²) in [7, 11) is 2.99. The van der Waals surface area contributed by atoms with Gasteiger partial charge in [0.2, 0.25) is 5.89 Å². The van der Waals surface area contributed by atoms with E-state index in [0.717, 1.165) is 0 Å². The maximum absolute atomic E-state index is 13.1. The first-order valence-electron chi connectivity index (χ1n) is 11.3. The second-order valence-electron chi connectivity index (χ2n) is 7.86. The van der Waals surface area contributed by atoms with Gasteiger partial charge in [0.05, 0.1) is 44.1 Å². The number of aromatic hydroxyl groups is 1. The van der Waals surface area contributed by atoms with Gasteiger partial charge in [-0.3, -0.25) is 9.78 Å². The highest BCUT2D eigenvalue weighted by Gasteiger charge is 2.28. The molecule has 190 valence electrons. The molecule has 37 heavy (non-hydrogen) atoms. The molecule has 5 aromatic rings. The fourth-order valence-corrected chi connectivity index (χ4v) is 4.03. The van der Waals surface area contributed by atoms with E-state index < -0.39 is 5.56 Å².